The number of ether oxygens (including phenoxy) is 1. The SMILES string of the molecule is COc1ccc(-c2n[nH]c(=S)n2CCC(=O)NC(C)c2ccccc2)cc1. The van der Waals surface area contributed by atoms with Gasteiger partial charge < -0.3 is 10.1 Å². The number of benzene rings is 2. The second-order valence-corrected chi connectivity index (χ2v) is 6.57. The van der Waals surface area contributed by atoms with Crippen LogP contribution < -0.4 is 10.1 Å². The Morgan fingerprint density at radius 3 is 2.59 bits per heavy atom. The lowest BCUT2D eigenvalue weighted by molar-refractivity contribution is -0.121. The number of hydrogen-bond donors (Lipinski definition) is 2. The first kappa shape index (κ1) is 18.8. The zero-order valence-electron chi connectivity index (χ0n) is 15.3. The van der Waals surface area contributed by atoms with Crippen molar-refractivity contribution in [2.75, 3.05) is 7.11 Å². The number of carbonyl (C=O) groups is 1. The number of H-pyrrole nitrogens is 1. The lowest BCUT2D eigenvalue weighted by Crippen LogP contribution is -2.27. The van der Waals surface area contributed by atoms with Crippen molar-refractivity contribution in [2.24, 2.45) is 0 Å². The summed E-state index contributed by atoms with van der Waals surface area (Å²) in [7, 11) is 1.63. The first-order valence-electron chi connectivity index (χ1n) is 8.72. The molecule has 2 N–H and O–H groups in total. The minimum absolute atomic E-state index is 0.0323. The molecule has 0 fully saturated rings. The third-order valence-electron chi connectivity index (χ3n) is 4.35. The third-order valence-corrected chi connectivity index (χ3v) is 4.66. The van der Waals surface area contributed by atoms with Gasteiger partial charge >= 0.3 is 0 Å². The third kappa shape index (κ3) is 4.62. The van der Waals surface area contributed by atoms with Crippen molar-refractivity contribution in [3.8, 4) is 17.1 Å². The van der Waals surface area contributed by atoms with Gasteiger partial charge in [0.05, 0.1) is 13.2 Å². The van der Waals surface area contributed by atoms with E-state index in [0.29, 0.717) is 23.6 Å². The van der Waals surface area contributed by atoms with Gasteiger partial charge in [-0.05, 0) is 49.0 Å². The maximum Gasteiger partial charge on any atom is 0.222 e. The molecule has 0 saturated heterocycles. The highest BCUT2D eigenvalue weighted by Gasteiger charge is 2.13. The summed E-state index contributed by atoms with van der Waals surface area (Å²) in [6.07, 6.45) is 0.314. The molecule has 0 radical (unpaired) electrons. The summed E-state index contributed by atoms with van der Waals surface area (Å²) in [4.78, 5) is 12.4. The maximum absolute atomic E-state index is 12.4. The van der Waals surface area contributed by atoms with E-state index in [-0.39, 0.29) is 11.9 Å². The number of rotatable bonds is 7. The summed E-state index contributed by atoms with van der Waals surface area (Å²) in [5.41, 5.74) is 1.98. The van der Waals surface area contributed by atoms with E-state index in [1.807, 2.05) is 66.1 Å². The average Bonchev–Trinajstić information content (AvgIpc) is 3.07. The number of aromatic nitrogens is 3. The molecule has 1 atom stereocenters. The van der Waals surface area contributed by atoms with Crippen molar-refractivity contribution in [1.82, 2.24) is 20.1 Å². The second kappa shape index (κ2) is 8.64. The lowest BCUT2D eigenvalue weighted by Gasteiger charge is -2.14. The van der Waals surface area contributed by atoms with E-state index in [1.165, 1.54) is 0 Å². The van der Waals surface area contributed by atoms with Crippen LogP contribution >= 0.6 is 12.2 Å². The molecular formula is C20H22N4O2S. The smallest absolute Gasteiger partial charge is 0.222 e. The summed E-state index contributed by atoms with van der Waals surface area (Å²) in [6, 6.07) is 17.4. The van der Waals surface area contributed by atoms with Gasteiger partial charge in [0.1, 0.15) is 5.75 Å². The molecule has 1 unspecified atom stereocenters. The Hall–Kier alpha value is -2.93. The van der Waals surface area contributed by atoms with Gasteiger partial charge in [0.25, 0.3) is 0 Å². The van der Waals surface area contributed by atoms with Gasteiger partial charge in [-0.15, -0.1) is 0 Å². The number of amides is 1. The van der Waals surface area contributed by atoms with E-state index in [1.54, 1.807) is 7.11 Å². The fourth-order valence-corrected chi connectivity index (χ4v) is 3.06. The van der Waals surface area contributed by atoms with E-state index in [2.05, 4.69) is 15.5 Å². The molecule has 3 rings (SSSR count). The number of nitrogens with one attached hydrogen (secondary N) is 2. The van der Waals surface area contributed by atoms with Crippen LogP contribution in [0.15, 0.2) is 54.6 Å². The first-order chi connectivity index (χ1) is 13.1. The van der Waals surface area contributed by atoms with Gasteiger partial charge in [0, 0.05) is 18.5 Å². The fourth-order valence-electron chi connectivity index (χ4n) is 2.84. The number of hydrogen-bond acceptors (Lipinski definition) is 4. The molecular weight excluding hydrogens is 360 g/mol. The average molecular weight is 382 g/mol. The van der Waals surface area contributed by atoms with E-state index in [9.17, 15) is 4.79 Å². The van der Waals surface area contributed by atoms with Crippen LogP contribution in [0.25, 0.3) is 11.4 Å². The predicted molar refractivity (Wildman–Crippen MR) is 107 cm³/mol. The van der Waals surface area contributed by atoms with Crippen molar-refractivity contribution < 1.29 is 9.53 Å². The van der Waals surface area contributed by atoms with Gasteiger partial charge in [0.2, 0.25) is 5.91 Å². The van der Waals surface area contributed by atoms with Gasteiger partial charge in [-0.25, -0.2) is 0 Å². The minimum atomic E-state index is -0.0444. The Morgan fingerprint density at radius 2 is 1.93 bits per heavy atom. The Labute approximate surface area is 163 Å². The van der Waals surface area contributed by atoms with Crippen LogP contribution in [0.3, 0.4) is 0 Å². The van der Waals surface area contributed by atoms with Crippen LogP contribution in [0.2, 0.25) is 0 Å². The fraction of sp³-hybridized carbons (Fsp3) is 0.250. The molecule has 6 nitrogen and oxygen atoms in total. The number of aromatic amines is 1. The van der Waals surface area contributed by atoms with Crippen molar-refractivity contribution in [1.29, 1.82) is 0 Å². The quantitative estimate of drug-likeness (QED) is 0.608. The van der Waals surface area contributed by atoms with E-state index in [0.717, 1.165) is 16.9 Å². The monoisotopic (exact) mass is 382 g/mol. The minimum Gasteiger partial charge on any atom is -0.497 e. The van der Waals surface area contributed by atoms with Crippen LogP contribution in [-0.4, -0.2) is 27.8 Å². The van der Waals surface area contributed by atoms with Crippen molar-refractivity contribution in [3.63, 3.8) is 0 Å². The molecule has 0 saturated carbocycles. The molecule has 0 aliphatic rings. The number of methoxy groups -OCH3 is 1. The molecule has 27 heavy (non-hydrogen) atoms. The normalized spacial score (nSPS) is 11.8. The van der Waals surface area contributed by atoms with E-state index < -0.39 is 0 Å². The molecule has 1 heterocycles. The molecule has 0 bridgehead atoms. The summed E-state index contributed by atoms with van der Waals surface area (Å²) < 4.78 is 7.51. The van der Waals surface area contributed by atoms with Gasteiger partial charge in [-0.3, -0.25) is 14.5 Å². The zero-order valence-corrected chi connectivity index (χ0v) is 16.1. The molecule has 3 aromatic rings. The summed E-state index contributed by atoms with van der Waals surface area (Å²) in [5.74, 6) is 1.44. The van der Waals surface area contributed by atoms with E-state index >= 15 is 0 Å². The standard InChI is InChI=1S/C20H22N4O2S/c1-14(15-6-4-3-5-7-15)21-18(25)12-13-24-19(22-23-20(24)27)16-8-10-17(26-2)11-9-16/h3-11,14H,12-13H2,1-2H3,(H,21,25)(H,23,27). The molecule has 1 amide bonds. The Balaban J connectivity index is 1.66. The van der Waals surface area contributed by atoms with Gasteiger partial charge in [-0.1, -0.05) is 30.3 Å². The Kier molecular flexibility index (Phi) is 6.03. The molecule has 140 valence electrons. The van der Waals surface area contributed by atoms with Gasteiger partial charge in [0.15, 0.2) is 10.6 Å². The number of carbonyl (C=O) groups excluding carboxylic acids is 1. The second-order valence-electron chi connectivity index (χ2n) is 6.18. The summed E-state index contributed by atoms with van der Waals surface area (Å²) in [6.45, 7) is 2.42. The van der Waals surface area contributed by atoms with Crippen molar-refractivity contribution in [3.05, 3.63) is 64.9 Å². The van der Waals surface area contributed by atoms with Crippen LogP contribution in [0.5, 0.6) is 5.75 Å². The van der Waals surface area contributed by atoms with Gasteiger partial charge in [-0.2, -0.15) is 5.10 Å². The lowest BCUT2D eigenvalue weighted by atomic mass is 10.1. The number of nitrogens with zero attached hydrogens (tertiary/aromatic N) is 2. The van der Waals surface area contributed by atoms with Crippen LogP contribution in [0.4, 0.5) is 0 Å². The zero-order chi connectivity index (χ0) is 19.2. The highest BCUT2D eigenvalue weighted by atomic mass is 32.1. The van der Waals surface area contributed by atoms with Crippen molar-refractivity contribution >= 4 is 18.1 Å². The maximum atomic E-state index is 12.4. The topological polar surface area (TPSA) is 71.9 Å². The Morgan fingerprint density at radius 1 is 1.22 bits per heavy atom. The van der Waals surface area contributed by atoms with Crippen LogP contribution in [0, 0.1) is 4.77 Å². The molecule has 1 aromatic heterocycles. The molecule has 0 spiro atoms. The van der Waals surface area contributed by atoms with E-state index in [4.69, 9.17) is 17.0 Å². The highest BCUT2D eigenvalue weighted by Crippen LogP contribution is 2.21. The Bertz CT molecular complexity index is 948. The molecule has 7 heteroatoms. The molecule has 0 aliphatic carbocycles. The largest absolute Gasteiger partial charge is 0.497 e. The first-order valence-corrected chi connectivity index (χ1v) is 9.13. The summed E-state index contributed by atoms with van der Waals surface area (Å²) >= 11 is 5.33. The molecule has 2 aromatic carbocycles. The molecule has 0 aliphatic heterocycles. The highest BCUT2D eigenvalue weighted by molar-refractivity contribution is 7.71. The predicted octanol–water partition coefficient (Wildman–Crippen LogP) is 3.88. The summed E-state index contributed by atoms with van der Waals surface area (Å²) in [5, 5.41) is 10.1. The van der Waals surface area contributed by atoms with Crippen molar-refractivity contribution in [2.45, 2.75) is 25.9 Å². The van der Waals surface area contributed by atoms with Crippen LogP contribution in [-0.2, 0) is 11.3 Å². The van der Waals surface area contributed by atoms with Crippen LogP contribution in [0.1, 0.15) is 24.9 Å².